The highest BCUT2D eigenvalue weighted by atomic mass is 19.1. The Balaban J connectivity index is 1.97. The Morgan fingerprint density at radius 3 is 2.71 bits per heavy atom. The highest BCUT2D eigenvalue weighted by molar-refractivity contribution is 5.23. The Hall–Kier alpha value is -1.81. The van der Waals surface area contributed by atoms with Crippen LogP contribution in [0.1, 0.15) is 11.3 Å². The van der Waals surface area contributed by atoms with Gasteiger partial charge >= 0.3 is 0 Å². The van der Waals surface area contributed by atoms with Crippen molar-refractivity contribution < 1.29 is 13.5 Å². The third-order valence-electron chi connectivity index (χ3n) is 2.39. The first kappa shape index (κ1) is 11.7. The molecule has 0 amide bonds. The van der Waals surface area contributed by atoms with Crippen molar-refractivity contribution in [2.45, 2.75) is 13.2 Å². The fourth-order valence-electron chi connectivity index (χ4n) is 1.52. The zero-order valence-corrected chi connectivity index (χ0v) is 9.57. The molecule has 0 radical (unpaired) electrons. The average molecular weight is 235 g/mol. The van der Waals surface area contributed by atoms with Gasteiger partial charge in [-0.3, -0.25) is 0 Å². The molecule has 1 aromatic carbocycles. The second-order valence-electron chi connectivity index (χ2n) is 3.64. The summed E-state index contributed by atoms with van der Waals surface area (Å²) in [6, 6.07) is 7.82. The maximum Gasteiger partial charge on any atom is 0.146 e. The van der Waals surface area contributed by atoms with Crippen molar-refractivity contribution in [1.29, 1.82) is 0 Å². The summed E-state index contributed by atoms with van der Waals surface area (Å²) >= 11 is 0. The molecule has 0 bridgehead atoms. The molecular weight excluding hydrogens is 221 g/mol. The van der Waals surface area contributed by atoms with Gasteiger partial charge in [0, 0.05) is 12.1 Å². The van der Waals surface area contributed by atoms with Gasteiger partial charge in [-0.25, -0.2) is 4.39 Å². The monoisotopic (exact) mass is 235 g/mol. The maximum atomic E-state index is 12.7. The van der Waals surface area contributed by atoms with Gasteiger partial charge in [0.2, 0.25) is 0 Å². The highest BCUT2D eigenvalue weighted by Gasteiger charge is 2.06. The number of ether oxygens (including phenoxy) is 1. The molecule has 0 saturated carbocycles. The fourth-order valence-corrected chi connectivity index (χ4v) is 1.52. The molecule has 0 unspecified atom stereocenters. The van der Waals surface area contributed by atoms with Crippen molar-refractivity contribution in [2.24, 2.45) is 0 Å². The van der Waals surface area contributed by atoms with Crippen molar-refractivity contribution in [2.75, 3.05) is 7.05 Å². The Labute approximate surface area is 99.2 Å². The lowest BCUT2D eigenvalue weighted by Crippen LogP contribution is -2.07. The topological polar surface area (TPSA) is 34.4 Å². The third-order valence-corrected chi connectivity index (χ3v) is 2.39. The van der Waals surface area contributed by atoms with E-state index in [4.69, 9.17) is 9.15 Å². The number of halogens is 1. The molecule has 0 fully saturated rings. The Morgan fingerprint density at radius 2 is 2.00 bits per heavy atom. The van der Waals surface area contributed by atoms with Crippen LogP contribution < -0.4 is 10.1 Å². The first-order valence-electron chi connectivity index (χ1n) is 5.38. The quantitative estimate of drug-likeness (QED) is 0.865. The molecule has 0 aliphatic rings. The van der Waals surface area contributed by atoms with Crippen LogP contribution in [0.25, 0.3) is 0 Å². The van der Waals surface area contributed by atoms with Crippen molar-refractivity contribution >= 4 is 0 Å². The number of furan rings is 1. The largest absolute Gasteiger partial charge is 0.486 e. The molecule has 1 N–H and O–H groups in total. The average Bonchev–Trinajstić information content (AvgIpc) is 2.77. The van der Waals surface area contributed by atoms with Gasteiger partial charge in [-0.15, -0.1) is 0 Å². The highest BCUT2D eigenvalue weighted by Crippen LogP contribution is 2.16. The number of rotatable bonds is 5. The van der Waals surface area contributed by atoms with Crippen LogP contribution in [0.15, 0.2) is 41.0 Å². The van der Waals surface area contributed by atoms with Crippen molar-refractivity contribution in [3.63, 3.8) is 0 Å². The zero-order valence-electron chi connectivity index (χ0n) is 9.57. The molecule has 0 aliphatic carbocycles. The predicted octanol–water partition coefficient (Wildman–Crippen LogP) is 2.72. The van der Waals surface area contributed by atoms with E-state index in [2.05, 4.69) is 5.32 Å². The maximum absolute atomic E-state index is 12.7. The van der Waals surface area contributed by atoms with Crippen LogP contribution in [0.4, 0.5) is 4.39 Å². The molecule has 0 aliphatic heterocycles. The van der Waals surface area contributed by atoms with Crippen molar-refractivity contribution in [3.8, 4) is 5.75 Å². The number of hydrogen-bond acceptors (Lipinski definition) is 3. The van der Waals surface area contributed by atoms with Crippen LogP contribution in [0, 0.1) is 5.82 Å². The van der Waals surface area contributed by atoms with E-state index in [1.54, 1.807) is 18.4 Å². The lowest BCUT2D eigenvalue weighted by atomic mass is 10.2. The van der Waals surface area contributed by atoms with Crippen LogP contribution in [-0.4, -0.2) is 7.05 Å². The van der Waals surface area contributed by atoms with Gasteiger partial charge < -0.3 is 14.5 Å². The second-order valence-corrected chi connectivity index (χ2v) is 3.64. The number of benzene rings is 1. The summed E-state index contributed by atoms with van der Waals surface area (Å²) < 4.78 is 23.5. The minimum Gasteiger partial charge on any atom is -0.486 e. The SMILES string of the molecule is CNCc1ccoc1COc1ccc(F)cc1. The van der Waals surface area contributed by atoms with Crippen LogP contribution >= 0.6 is 0 Å². The molecule has 2 aromatic rings. The van der Waals surface area contributed by atoms with Crippen LogP contribution in [-0.2, 0) is 13.2 Å². The molecule has 1 heterocycles. The van der Waals surface area contributed by atoms with E-state index in [1.807, 2.05) is 13.1 Å². The Morgan fingerprint density at radius 1 is 1.24 bits per heavy atom. The summed E-state index contributed by atoms with van der Waals surface area (Å²) in [5.74, 6) is 1.13. The van der Waals surface area contributed by atoms with Gasteiger partial charge in [-0.1, -0.05) is 0 Å². The molecule has 0 atom stereocenters. The number of nitrogens with one attached hydrogen (secondary N) is 1. The molecule has 4 heteroatoms. The fraction of sp³-hybridized carbons (Fsp3) is 0.231. The van der Waals surface area contributed by atoms with E-state index in [0.717, 1.165) is 17.9 Å². The third kappa shape index (κ3) is 3.07. The molecule has 3 nitrogen and oxygen atoms in total. The van der Waals surface area contributed by atoms with Crippen LogP contribution in [0.5, 0.6) is 5.75 Å². The molecule has 2 rings (SSSR count). The lowest BCUT2D eigenvalue weighted by Gasteiger charge is -2.05. The summed E-state index contributed by atoms with van der Waals surface area (Å²) in [6.45, 7) is 1.08. The van der Waals surface area contributed by atoms with Gasteiger partial charge in [-0.2, -0.15) is 0 Å². The van der Waals surface area contributed by atoms with E-state index in [-0.39, 0.29) is 5.82 Å². The zero-order chi connectivity index (χ0) is 12.1. The first-order chi connectivity index (χ1) is 8.29. The Bertz CT molecular complexity index is 465. The van der Waals surface area contributed by atoms with Gasteiger partial charge in [0.1, 0.15) is 23.9 Å². The minimum absolute atomic E-state index is 0.272. The summed E-state index contributed by atoms with van der Waals surface area (Å²) in [4.78, 5) is 0. The standard InChI is InChI=1S/C13H14FNO2/c1-15-8-10-6-7-16-13(10)9-17-12-4-2-11(14)3-5-12/h2-7,15H,8-9H2,1H3. The van der Waals surface area contributed by atoms with Crippen molar-refractivity contribution in [1.82, 2.24) is 5.32 Å². The predicted molar refractivity (Wildman–Crippen MR) is 62.2 cm³/mol. The molecule has 17 heavy (non-hydrogen) atoms. The van der Waals surface area contributed by atoms with Crippen molar-refractivity contribution in [3.05, 3.63) is 53.7 Å². The van der Waals surface area contributed by atoms with Gasteiger partial charge in [-0.05, 0) is 37.4 Å². The van der Waals surface area contributed by atoms with E-state index in [0.29, 0.717) is 12.4 Å². The van der Waals surface area contributed by atoms with E-state index in [1.165, 1.54) is 12.1 Å². The van der Waals surface area contributed by atoms with Crippen LogP contribution in [0.2, 0.25) is 0 Å². The molecule has 1 aromatic heterocycles. The normalized spacial score (nSPS) is 10.5. The molecule has 90 valence electrons. The first-order valence-corrected chi connectivity index (χ1v) is 5.38. The van der Waals surface area contributed by atoms with E-state index >= 15 is 0 Å². The number of hydrogen-bond donors (Lipinski definition) is 1. The van der Waals surface area contributed by atoms with Gasteiger partial charge in [0.25, 0.3) is 0 Å². The van der Waals surface area contributed by atoms with Crippen LogP contribution in [0.3, 0.4) is 0 Å². The molecular formula is C13H14FNO2. The minimum atomic E-state index is -0.272. The lowest BCUT2D eigenvalue weighted by molar-refractivity contribution is 0.268. The summed E-state index contributed by atoms with van der Waals surface area (Å²) in [7, 11) is 1.87. The van der Waals surface area contributed by atoms with Gasteiger partial charge in [0.05, 0.1) is 6.26 Å². The molecule has 0 saturated heterocycles. The second kappa shape index (κ2) is 5.50. The smallest absolute Gasteiger partial charge is 0.146 e. The van der Waals surface area contributed by atoms with Gasteiger partial charge in [0.15, 0.2) is 0 Å². The Kier molecular flexibility index (Phi) is 3.77. The molecule has 0 spiro atoms. The summed E-state index contributed by atoms with van der Waals surface area (Å²) in [5.41, 5.74) is 1.06. The van der Waals surface area contributed by atoms with E-state index in [9.17, 15) is 4.39 Å². The summed E-state index contributed by atoms with van der Waals surface area (Å²) in [6.07, 6.45) is 1.63. The van der Waals surface area contributed by atoms with E-state index < -0.39 is 0 Å². The summed E-state index contributed by atoms with van der Waals surface area (Å²) in [5, 5.41) is 3.05.